The molecule has 0 spiro atoms. The Labute approximate surface area is 126 Å². The maximum atomic E-state index is 5.79. The van der Waals surface area contributed by atoms with Crippen LogP contribution in [0.2, 0.25) is 0 Å². The van der Waals surface area contributed by atoms with E-state index in [9.17, 15) is 0 Å². The van der Waals surface area contributed by atoms with Gasteiger partial charge in [0.25, 0.3) is 0 Å². The smallest absolute Gasteiger partial charge is 0.222 e. The SMILES string of the molecule is CC1CCC(CCNc2nc(N)nc3ccccc23)CC1. The molecule has 1 aromatic heterocycles. The van der Waals surface area contributed by atoms with E-state index in [4.69, 9.17) is 5.73 Å². The van der Waals surface area contributed by atoms with Crippen LogP contribution in [0, 0.1) is 11.8 Å². The molecule has 1 aliphatic rings. The van der Waals surface area contributed by atoms with E-state index in [1.165, 1.54) is 32.1 Å². The highest BCUT2D eigenvalue weighted by Gasteiger charge is 2.17. The van der Waals surface area contributed by atoms with Crippen molar-refractivity contribution >= 4 is 22.7 Å². The first-order valence-corrected chi connectivity index (χ1v) is 7.98. The average Bonchev–Trinajstić information content (AvgIpc) is 2.49. The zero-order chi connectivity index (χ0) is 14.7. The van der Waals surface area contributed by atoms with Crippen molar-refractivity contribution in [3.8, 4) is 0 Å². The van der Waals surface area contributed by atoms with Crippen LogP contribution in [0.25, 0.3) is 10.9 Å². The van der Waals surface area contributed by atoms with Gasteiger partial charge in [-0.05, 0) is 30.4 Å². The summed E-state index contributed by atoms with van der Waals surface area (Å²) in [6.45, 7) is 3.32. The molecule has 0 saturated heterocycles. The number of rotatable bonds is 4. The molecule has 0 radical (unpaired) electrons. The maximum absolute atomic E-state index is 5.79. The number of fused-ring (bicyclic) bond motifs is 1. The third-order valence-corrected chi connectivity index (χ3v) is 4.60. The van der Waals surface area contributed by atoms with Gasteiger partial charge in [-0.15, -0.1) is 0 Å². The van der Waals surface area contributed by atoms with Crippen LogP contribution in [-0.4, -0.2) is 16.5 Å². The minimum Gasteiger partial charge on any atom is -0.369 e. The molecule has 1 aliphatic carbocycles. The van der Waals surface area contributed by atoms with Gasteiger partial charge in [0.15, 0.2) is 0 Å². The third-order valence-electron chi connectivity index (χ3n) is 4.60. The summed E-state index contributed by atoms with van der Waals surface area (Å²) in [6.07, 6.45) is 6.72. The molecule has 1 heterocycles. The molecule has 1 fully saturated rings. The van der Waals surface area contributed by atoms with Crippen molar-refractivity contribution in [1.29, 1.82) is 0 Å². The fourth-order valence-corrected chi connectivity index (χ4v) is 3.24. The molecule has 1 aromatic carbocycles. The average molecular weight is 284 g/mol. The molecule has 4 heteroatoms. The number of nitrogens with zero attached hydrogens (tertiary/aromatic N) is 2. The van der Waals surface area contributed by atoms with E-state index < -0.39 is 0 Å². The van der Waals surface area contributed by atoms with E-state index in [1.807, 2.05) is 24.3 Å². The lowest BCUT2D eigenvalue weighted by Crippen LogP contribution is -2.16. The van der Waals surface area contributed by atoms with Crippen LogP contribution in [0.1, 0.15) is 39.0 Å². The van der Waals surface area contributed by atoms with Crippen LogP contribution in [0.15, 0.2) is 24.3 Å². The monoisotopic (exact) mass is 284 g/mol. The lowest BCUT2D eigenvalue weighted by atomic mass is 9.81. The Morgan fingerprint density at radius 1 is 1.14 bits per heavy atom. The van der Waals surface area contributed by atoms with Crippen LogP contribution in [0.3, 0.4) is 0 Å². The van der Waals surface area contributed by atoms with Gasteiger partial charge in [-0.3, -0.25) is 0 Å². The Balaban J connectivity index is 1.63. The standard InChI is InChI=1S/C17H24N4/c1-12-6-8-13(9-7-12)10-11-19-16-14-4-2-3-5-15(14)20-17(18)21-16/h2-5,12-13H,6-11H2,1H3,(H3,18,19,20,21). The van der Waals surface area contributed by atoms with E-state index in [2.05, 4.69) is 22.2 Å². The molecule has 112 valence electrons. The number of nitrogens with two attached hydrogens (primary N) is 1. The summed E-state index contributed by atoms with van der Waals surface area (Å²) in [4.78, 5) is 8.62. The second-order valence-electron chi connectivity index (χ2n) is 6.29. The molecule has 0 aliphatic heterocycles. The molecule has 3 N–H and O–H groups in total. The van der Waals surface area contributed by atoms with Gasteiger partial charge in [-0.2, -0.15) is 4.98 Å². The molecule has 2 aromatic rings. The predicted octanol–water partition coefficient (Wildman–Crippen LogP) is 3.84. The van der Waals surface area contributed by atoms with Crippen molar-refractivity contribution in [2.24, 2.45) is 11.8 Å². The van der Waals surface area contributed by atoms with E-state index in [-0.39, 0.29) is 0 Å². The Kier molecular flexibility index (Phi) is 4.23. The number of anilines is 2. The topological polar surface area (TPSA) is 63.8 Å². The maximum Gasteiger partial charge on any atom is 0.222 e. The van der Waals surface area contributed by atoms with Crippen LogP contribution in [0.4, 0.5) is 11.8 Å². The highest BCUT2D eigenvalue weighted by atomic mass is 15.1. The van der Waals surface area contributed by atoms with Crippen LogP contribution in [-0.2, 0) is 0 Å². The number of aromatic nitrogens is 2. The molecule has 1 saturated carbocycles. The van der Waals surface area contributed by atoms with Gasteiger partial charge >= 0.3 is 0 Å². The summed E-state index contributed by atoms with van der Waals surface area (Å²) in [5, 5.41) is 4.50. The fourth-order valence-electron chi connectivity index (χ4n) is 3.24. The minimum atomic E-state index is 0.336. The van der Waals surface area contributed by atoms with E-state index in [0.717, 1.165) is 35.1 Å². The normalized spacial score (nSPS) is 22.3. The number of para-hydroxylation sites is 1. The van der Waals surface area contributed by atoms with Gasteiger partial charge in [-0.1, -0.05) is 44.7 Å². The third kappa shape index (κ3) is 3.43. The Morgan fingerprint density at radius 2 is 1.90 bits per heavy atom. The van der Waals surface area contributed by atoms with Crippen molar-refractivity contribution in [2.45, 2.75) is 39.0 Å². The predicted molar refractivity (Wildman–Crippen MR) is 88.2 cm³/mol. The second kappa shape index (κ2) is 6.29. The highest BCUT2D eigenvalue weighted by Crippen LogP contribution is 2.30. The Morgan fingerprint density at radius 3 is 2.71 bits per heavy atom. The van der Waals surface area contributed by atoms with Crippen molar-refractivity contribution in [3.63, 3.8) is 0 Å². The largest absolute Gasteiger partial charge is 0.369 e. The second-order valence-corrected chi connectivity index (χ2v) is 6.29. The van der Waals surface area contributed by atoms with Crippen LogP contribution < -0.4 is 11.1 Å². The number of hydrogen-bond acceptors (Lipinski definition) is 4. The summed E-state index contributed by atoms with van der Waals surface area (Å²) in [5.41, 5.74) is 6.69. The summed E-state index contributed by atoms with van der Waals surface area (Å²) in [5.74, 6) is 2.98. The molecular weight excluding hydrogens is 260 g/mol. The van der Waals surface area contributed by atoms with Gasteiger partial charge in [0.1, 0.15) is 5.82 Å². The molecular formula is C17H24N4. The van der Waals surface area contributed by atoms with Crippen LogP contribution >= 0.6 is 0 Å². The number of nitrogens with one attached hydrogen (secondary N) is 1. The van der Waals surface area contributed by atoms with Gasteiger partial charge < -0.3 is 11.1 Å². The lowest BCUT2D eigenvalue weighted by Gasteiger charge is -2.26. The first-order valence-electron chi connectivity index (χ1n) is 7.98. The molecule has 0 unspecified atom stereocenters. The summed E-state index contributed by atoms with van der Waals surface area (Å²) in [7, 11) is 0. The highest BCUT2D eigenvalue weighted by molar-refractivity contribution is 5.89. The zero-order valence-corrected chi connectivity index (χ0v) is 12.7. The number of benzene rings is 1. The molecule has 0 atom stereocenters. The van der Waals surface area contributed by atoms with Crippen molar-refractivity contribution in [1.82, 2.24) is 9.97 Å². The van der Waals surface area contributed by atoms with E-state index >= 15 is 0 Å². The van der Waals surface area contributed by atoms with Crippen LogP contribution in [0.5, 0.6) is 0 Å². The zero-order valence-electron chi connectivity index (χ0n) is 12.7. The number of hydrogen-bond donors (Lipinski definition) is 2. The van der Waals surface area contributed by atoms with Gasteiger partial charge in [0, 0.05) is 11.9 Å². The minimum absolute atomic E-state index is 0.336. The van der Waals surface area contributed by atoms with Crippen molar-refractivity contribution < 1.29 is 0 Å². The van der Waals surface area contributed by atoms with Gasteiger partial charge in [0.05, 0.1) is 5.52 Å². The molecule has 3 rings (SSSR count). The summed E-state index contributed by atoms with van der Waals surface area (Å²) < 4.78 is 0. The lowest BCUT2D eigenvalue weighted by molar-refractivity contribution is 0.282. The Hall–Kier alpha value is -1.84. The quantitative estimate of drug-likeness (QED) is 0.895. The summed E-state index contributed by atoms with van der Waals surface area (Å²) >= 11 is 0. The van der Waals surface area contributed by atoms with Gasteiger partial charge in [-0.25, -0.2) is 4.98 Å². The molecule has 0 amide bonds. The van der Waals surface area contributed by atoms with E-state index in [0.29, 0.717) is 5.95 Å². The van der Waals surface area contributed by atoms with Crippen molar-refractivity contribution in [3.05, 3.63) is 24.3 Å². The molecule has 21 heavy (non-hydrogen) atoms. The van der Waals surface area contributed by atoms with Crippen molar-refractivity contribution in [2.75, 3.05) is 17.6 Å². The fraction of sp³-hybridized carbons (Fsp3) is 0.529. The number of nitrogen functional groups attached to an aromatic ring is 1. The Bertz CT molecular complexity index is 603. The van der Waals surface area contributed by atoms with E-state index in [1.54, 1.807) is 0 Å². The first kappa shape index (κ1) is 14.1. The first-order chi connectivity index (χ1) is 10.2. The summed E-state index contributed by atoms with van der Waals surface area (Å²) in [6, 6.07) is 8.00. The van der Waals surface area contributed by atoms with Gasteiger partial charge in [0.2, 0.25) is 5.95 Å². The molecule has 4 nitrogen and oxygen atoms in total. The molecule has 0 bridgehead atoms.